The molecule has 0 aromatic heterocycles. The lowest BCUT2D eigenvalue weighted by atomic mass is 9.80. The van der Waals surface area contributed by atoms with Crippen LogP contribution in [0.3, 0.4) is 0 Å². The summed E-state index contributed by atoms with van der Waals surface area (Å²) in [4.78, 5) is 14.4. The number of aliphatic hydroxyl groups is 1. The molecule has 0 radical (unpaired) electrons. The first-order chi connectivity index (χ1) is 19.7. The van der Waals surface area contributed by atoms with Gasteiger partial charge in [0.2, 0.25) is 0 Å². The normalized spacial score (nSPS) is 15.3. The zero-order valence-electron chi connectivity index (χ0n) is 25.3. The van der Waals surface area contributed by atoms with Gasteiger partial charge in [-0.15, -0.1) is 0 Å². The summed E-state index contributed by atoms with van der Waals surface area (Å²) in [5, 5.41) is 29.6. The van der Waals surface area contributed by atoms with E-state index in [4.69, 9.17) is 16.7 Å². The van der Waals surface area contributed by atoms with Gasteiger partial charge in [0.1, 0.15) is 16.7 Å². The Morgan fingerprint density at radius 1 is 0.976 bits per heavy atom. The molecule has 9 heteroatoms. The van der Waals surface area contributed by atoms with Crippen LogP contribution in [0.2, 0.25) is 5.02 Å². The van der Waals surface area contributed by atoms with Gasteiger partial charge in [0.15, 0.2) is 0 Å². The van der Waals surface area contributed by atoms with E-state index >= 15 is 0 Å². The number of hydrogen-bond acceptors (Lipinski definition) is 5. The molecule has 3 N–H and O–H groups in total. The Hall–Kier alpha value is -3.07. The second-order valence-electron chi connectivity index (χ2n) is 12.1. The minimum absolute atomic E-state index is 0.00556. The molecule has 1 atom stereocenters. The molecule has 5 rings (SSSR count). The topological polar surface area (TPSA) is 101 Å². The highest BCUT2D eigenvalue weighted by atomic mass is 35.5. The third-order valence-electron chi connectivity index (χ3n) is 7.61. The molecule has 3 aromatic rings. The Labute approximate surface area is 256 Å². The minimum atomic E-state index is -1.32. The predicted molar refractivity (Wildman–Crippen MR) is 173 cm³/mol. The van der Waals surface area contributed by atoms with Crippen molar-refractivity contribution in [2.75, 3.05) is 28.6 Å². The molecule has 2 heterocycles. The number of fused-ring (bicyclic) bond motifs is 3. The first-order valence-corrected chi connectivity index (χ1v) is 16.1. The van der Waals surface area contributed by atoms with Crippen molar-refractivity contribution >= 4 is 39.9 Å². The van der Waals surface area contributed by atoms with Crippen molar-refractivity contribution in [3.8, 4) is 28.0 Å². The molecule has 226 valence electrons. The summed E-state index contributed by atoms with van der Waals surface area (Å²) < 4.78 is 14.9. The van der Waals surface area contributed by atoms with Crippen LogP contribution < -0.4 is 9.21 Å². The molecular weight excluding hydrogens is 572 g/mol. The lowest BCUT2D eigenvalue weighted by Crippen LogP contribution is -2.31. The van der Waals surface area contributed by atoms with Crippen LogP contribution in [0.5, 0.6) is 5.75 Å². The monoisotopic (exact) mass is 612 g/mol. The molecule has 0 amide bonds. The van der Waals surface area contributed by atoms with Crippen LogP contribution in [0.4, 0.5) is 11.4 Å². The van der Waals surface area contributed by atoms with Gasteiger partial charge in [-0.25, -0.2) is 4.21 Å². The highest BCUT2D eigenvalue weighted by Crippen LogP contribution is 2.51. The second-order valence-corrected chi connectivity index (χ2v) is 13.8. The number of aliphatic carboxylic acids is 1. The molecule has 1 saturated heterocycles. The average molecular weight is 613 g/mol. The summed E-state index contributed by atoms with van der Waals surface area (Å²) >= 11 is 6.12. The van der Waals surface area contributed by atoms with Crippen LogP contribution in [0.15, 0.2) is 36.4 Å². The number of aromatic hydroxyl groups is 1. The molecule has 3 aromatic carbocycles. The van der Waals surface area contributed by atoms with Gasteiger partial charge in [-0.2, -0.15) is 0 Å². The van der Waals surface area contributed by atoms with Gasteiger partial charge < -0.3 is 20.2 Å². The lowest BCUT2D eigenvalue weighted by molar-refractivity contribution is -0.136. The quantitative estimate of drug-likeness (QED) is 0.287. The smallest absolute Gasteiger partial charge is 0.307 e. The van der Waals surface area contributed by atoms with Gasteiger partial charge in [0.25, 0.3) is 0 Å². The van der Waals surface area contributed by atoms with Crippen LogP contribution in [-0.2, 0) is 28.7 Å². The van der Waals surface area contributed by atoms with E-state index in [0.29, 0.717) is 28.3 Å². The summed E-state index contributed by atoms with van der Waals surface area (Å²) in [7, 11) is -1.32. The highest BCUT2D eigenvalue weighted by Gasteiger charge is 2.32. The summed E-state index contributed by atoms with van der Waals surface area (Å²) in [6.07, 6.45) is 5.07. The number of anilines is 2. The summed E-state index contributed by atoms with van der Waals surface area (Å²) in [6, 6.07) is 11.4. The molecule has 1 fully saturated rings. The highest BCUT2D eigenvalue weighted by molar-refractivity contribution is 7.85. The van der Waals surface area contributed by atoms with Gasteiger partial charge in [-0.3, -0.25) is 9.10 Å². The number of halogens is 1. The number of piperidine rings is 1. The van der Waals surface area contributed by atoms with Gasteiger partial charge in [0.05, 0.1) is 24.3 Å². The molecular formula is C33H41ClN2O5S. The van der Waals surface area contributed by atoms with Crippen molar-refractivity contribution in [2.45, 2.75) is 72.4 Å². The van der Waals surface area contributed by atoms with E-state index in [1.54, 1.807) is 39.2 Å². The maximum Gasteiger partial charge on any atom is 0.307 e. The Kier molecular flexibility index (Phi) is 9.60. The Bertz CT molecular complexity index is 1520. The number of carboxylic acid groups (broad SMARTS) is 1. The number of carbonyl (C=O) groups is 1. The van der Waals surface area contributed by atoms with Crippen LogP contribution in [0, 0.1) is 13.8 Å². The molecule has 2 aliphatic rings. The fourth-order valence-electron chi connectivity index (χ4n) is 5.90. The zero-order chi connectivity index (χ0) is 30.9. The van der Waals surface area contributed by atoms with Gasteiger partial charge in [-0.05, 0) is 118 Å². The second kappa shape index (κ2) is 12.7. The van der Waals surface area contributed by atoms with Crippen molar-refractivity contribution < 1.29 is 24.3 Å². The number of rotatable bonds is 5. The van der Waals surface area contributed by atoms with Gasteiger partial charge >= 0.3 is 5.97 Å². The van der Waals surface area contributed by atoms with E-state index in [2.05, 4.69) is 23.1 Å². The first kappa shape index (κ1) is 31.9. The molecule has 1 unspecified atom stereocenters. The van der Waals surface area contributed by atoms with Crippen molar-refractivity contribution in [2.24, 2.45) is 0 Å². The van der Waals surface area contributed by atoms with Gasteiger partial charge in [-0.1, -0.05) is 17.7 Å². The molecule has 0 spiro atoms. The van der Waals surface area contributed by atoms with Crippen molar-refractivity contribution in [1.29, 1.82) is 0 Å². The number of nitrogens with zero attached hydrogens (tertiary/aromatic N) is 2. The Morgan fingerprint density at radius 2 is 1.60 bits per heavy atom. The summed E-state index contributed by atoms with van der Waals surface area (Å²) in [5.74, 6) is -0.974. The van der Waals surface area contributed by atoms with Crippen LogP contribution in [-0.4, -0.2) is 50.4 Å². The average Bonchev–Trinajstić information content (AvgIpc) is 2.90. The van der Waals surface area contributed by atoms with Crippen LogP contribution in [0.1, 0.15) is 62.3 Å². The SMILES string of the molecule is CC(C)(C)O.Cc1c(-c2ccc(Cl)cc2O)c(CC(=O)O)c(C)c2c1-c1ccc(N3CCCCC3)cc1CN2S(C)=O. The minimum Gasteiger partial charge on any atom is -0.507 e. The number of phenolic OH excluding ortho intramolecular Hbond substituents is 1. The molecule has 0 bridgehead atoms. The zero-order valence-corrected chi connectivity index (χ0v) is 26.8. The third-order valence-corrected chi connectivity index (χ3v) is 8.77. The largest absolute Gasteiger partial charge is 0.507 e. The Balaban J connectivity index is 0.000000748. The van der Waals surface area contributed by atoms with E-state index in [0.717, 1.165) is 46.6 Å². The lowest BCUT2D eigenvalue weighted by Gasteiger charge is -2.36. The number of phenols is 1. The van der Waals surface area contributed by atoms with Crippen LogP contribution in [0.25, 0.3) is 22.3 Å². The number of benzene rings is 3. The summed E-state index contributed by atoms with van der Waals surface area (Å²) in [5.41, 5.74) is 7.96. The maximum absolute atomic E-state index is 13.1. The van der Waals surface area contributed by atoms with Crippen molar-refractivity contribution in [3.63, 3.8) is 0 Å². The van der Waals surface area contributed by atoms with Crippen molar-refractivity contribution in [1.82, 2.24) is 0 Å². The first-order valence-electron chi connectivity index (χ1n) is 14.3. The van der Waals surface area contributed by atoms with E-state index in [9.17, 15) is 19.2 Å². The van der Waals surface area contributed by atoms with E-state index in [1.165, 1.54) is 31.0 Å². The van der Waals surface area contributed by atoms with E-state index in [1.807, 2.05) is 18.2 Å². The number of carboxylic acids is 1. The molecule has 7 nitrogen and oxygen atoms in total. The Morgan fingerprint density at radius 3 is 2.17 bits per heavy atom. The van der Waals surface area contributed by atoms with Crippen molar-refractivity contribution in [3.05, 3.63) is 63.7 Å². The third kappa shape index (κ3) is 6.93. The summed E-state index contributed by atoms with van der Waals surface area (Å²) in [6.45, 7) is 11.6. The molecule has 0 aliphatic carbocycles. The predicted octanol–water partition coefficient (Wildman–Crippen LogP) is 7.00. The van der Waals surface area contributed by atoms with E-state index in [-0.39, 0.29) is 12.2 Å². The fraction of sp³-hybridized carbons (Fsp3) is 0.424. The molecule has 42 heavy (non-hydrogen) atoms. The molecule has 2 aliphatic heterocycles. The van der Waals surface area contributed by atoms with Crippen LogP contribution >= 0.6 is 11.6 Å². The molecule has 0 saturated carbocycles. The van der Waals surface area contributed by atoms with E-state index < -0.39 is 22.6 Å². The standard InChI is InChI=1S/C29H31ClN2O4S.C4H10O/c1-17-24(15-26(34)35)27(23-9-7-20(30)14-25(23)33)18(2)28-22-10-8-21(31-11-5-4-6-12-31)13-19(22)16-32(29(17)28)37(3)36;1-4(2,3)5/h7-10,13-14,33H,4-6,11-12,15-16H2,1-3H3,(H,34,35);5H,1-3H3. The fourth-order valence-corrected chi connectivity index (χ4v) is 6.87. The maximum atomic E-state index is 13.1. The number of hydrogen-bond donors (Lipinski definition) is 3. The van der Waals surface area contributed by atoms with Gasteiger partial charge in [0, 0.05) is 41.2 Å².